The van der Waals surface area contributed by atoms with Crippen molar-refractivity contribution in [1.29, 1.82) is 0 Å². The second-order valence-electron chi connectivity index (χ2n) is 6.27. The van der Waals surface area contributed by atoms with Gasteiger partial charge in [-0.3, -0.25) is 4.90 Å². The summed E-state index contributed by atoms with van der Waals surface area (Å²) in [5.41, 5.74) is 0.347. The maximum Gasteiger partial charge on any atom is 0.0332 e. The van der Waals surface area contributed by atoms with Gasteiger partial charge in [0.1, 0.15) is 0 Å². The summed E-state index contributed by atoms with van der Waals surface area (Å²) >= 11 is 5.44. The molecule has 2 heterocycles. The molecule has 1 saturated carbocycles. The number of hydrogen-bond donors (Lipinski definition) is 1. The Balaban J connectivity index is 1.71. The smallest absolute Gasteiger partial charge is 0.0332 e. The molecular formula is C15H23BrN2S. The largest absolute Gasteiger partial charge is 0.308 e. The summed E-state index contributed by atoms with van der Waals surface area (Å²) in [6.45, 7) is 8.19. The van der Waals surface area contributed by atoms with Gasteiger partial charge in [-0.05, 0) is 54.1 Å². The summed E-state index contributed by atoms with van der Waals surface area (Å²) in [5.74, 6) is 0.905. The van der Waals surface area contributed by atoms with Gasteiger partial charge < -0.3 is 5.32 Å². The van der Waals surface area contributed by atoms with Crippen molar-refractivity contribution in [3.63, 3.8) is 0 Å². The number of nitrogens with zero attached hydrogens (tertiary/aromatic N) is 1. The minimum absolute atomic E-state index is 0.347. The van der Waals surface area contributed by atoms with E-state index in [1.54, 1.807) is 0 Å². The van der Waals surface area contributed by atoms with Gasteiger partial charge in [-0.15, -0.1) is 11.3 Å². The van der Waals surface area contributed by atoms with Crippen molar-refractivity contribution in [2.24, 2.45) is 5.92 Å². The zero-order valence-corrected chi connectivity index (χ0v) is 14.2. The second kappa shape index (κ2) is 5.47. The summed E-state index contributed by atoms with van der Waals surface area (Å²) in [4.78, 5) is 4.18. The highest BCUT2D eigenvalue weighted by molar-refractivity contribution is 9.10. The molecule has 4 heteroatoms. The van der Waals surface area contributed by atoms with Crippen LogP contribution in [0.4, 0.5) is 0 Å². The minimum Gasteiger partial charge on any atom is -0.308 e. The van der Waals surface area contributed by atoms with Gasteiger partial charge in [0.25, 0.3) is 0 Å². The van der Waals surface area contributed by atoms with E-state index in [2.05, 4.69) is 51.4 Å². The molecule has 1 aliphatic heterocycles. The van der Waals surface area contributed by atoms with Crippen molar-refractivity contribution in [2.45, 2.75) is 51.2 Å². The van der Waals surface area contributed by atoms with Crippen LogP contribution in [-0.4, -0.2) is 29.6 Å². The van der Waals surface area contributed by atoms with E-state index in [4.69, 9.17) is 0 Å². The molecular weight excluding hydrogens is 320 g/mol. The van der Waals surface area contributed by atoms with Gasteiger partial charge in [-0.2, -0.15) is 0 Å². The lowest BCUT2D eigenvalue weighted by Gasteiger charge is -2.46. The molecule has 0 bridgehead atoms. The predicted octanol–water partition coefficient (Wildman–Crippen LogP) is 3.86. The predicted molar refractivity (Wildman–Crippen MR) is 85.6 cm³/mol. The molecule has 2 aliphatic rings. The van der Waals surface area contributed by atoms with Gasteiger partial charge in [0.2, 0.25) is 0 Å². The first kappa shape index (κ1) is 14.1. The van der Waals surface area contributed by atoms with Crippen LogP contribution in [0.15, 0.2) is 15.9 Å². The first-order valence-electron chi connectivity index (χ1n) is 7.32. The molecule has 2 atom stereocenters. The first-order valence-corrected chi connectivity index (χ1v) is 9.00. The molecule has 0 spiro atoms. The molecule has 19 heavy (non-hydrogen) atoms. The number of halogens is 1. The van der Waals surface area contributed by atoms with Crippen LogP contribution in [0.2, 0.25) is 0 Å². The summed E-state index contributed by atoms with van der Waals surface area (Å²) in [6.07, 6.45) is 4.07. The van der Waals surface area contributed by atoms with E-state index in [-0.39, 0.29) is 0 Å². The van der Waals surface area contributed by atoms with E-state index >= 15 is 0 Å². The fourth-order valence-corrected chi connectivity index (χ4v) is 4.78. The van der Waals surface area contributed by atoms with E-state index in [1.807, 2.05) is 11.3 Å². The fourth-order valence-electron chi connectivity index (χ4n) is 3.31. The third-order valence-electron chi connectivity index (χ3n) is 4.72. The van der Waals surface area contributed by atoms with Crippen LogP contribution < -0.4 is 5.32 Å². The number of thiophene rings is 1. The fraction of sp³-hybridized carbons (Fsp3) is 0.733. The normalized spacial score (nSPS) is 32.7. The van der Waals surface area contributed by atoms with E-state index in [9.17, 15) is 0 Å². The van der Waals surface area contributed by atoms with E-state index < -0.39 is 0 Å². The highest BCUT2D eigenvalue weighted by Gasteiger charge is 2.45. The van der Waals surface area contributed by atoms with Crippen molar-refractivity contribution in [1.82, 2.24) is 10.2 Å². The van der Waals surface area contributed by atoms with Crippen LogP contribution >= 0.6 is 27.3 Å². The molecule has 106 valence electrons. The van der Waals surface area contributed by atoms with E-state index in [0.717, 1.165) is 19.0 Å². The van der Waals surface area contributed by atoms with Crippen LogP contribution in [0, 0.1) is 5.92 Å². The number of piperazine rings is 1. The molecule has 1 aliphatic carbocycles. The quantitative estimate of drug-likeness (QED) is 0.893. The Morgan fingerprint density at radius 2 is 2.32 bits per heavy atom. The van der Waals surface area contributed by atoms with Crippen LogP contribution in [0.3, 0.4) is 0 Å². The molecule has 0 amide bonds. The lowest BCUT2D eigenvalue weighted by atomic mass is 9.90. The summed E-state index contributed by atoms with van der Waals surface area (Å²) < 4.78 is 1.22. The van der Waals surface area contributed by atoms with Gasteiger partial charge in [0, 0.05) is 45.9 Å². The highest BCUT2D eigenvalue weighted by Crippen LogP contribution is 2.41. The first-order chi connectivity index (χ1) is 9.10. The Bertz CT molecular complexity index is 443. The highest BCUT2D eigenvalue weighted by atomic mass is 79.9. The van der Waals surface area contributed by atoms with Crippen molar-refractivity contribution in [3.05, 3.63) is 20.8 Å². The van der Waals surface area contributed by atoms with Gasteiger partial charge in [-0.25, -0.2) is 0 Å². The zero-order valence-electron chi connectivity index (χ0n) is 11.8. The van der Waals surface area contributed by atoms with Gasteiger partial charge in [0.15, 0.2) is 0 Å². The zero-order chi connectivity index (χ0) is 13.5. The molecule has 2 unspecified atom stereocenters. The maximum atomic E-state index is 3.83. The molecule has 1 N–H and O–H groups in total. The molecule has 0 aromatic carbocycles. The lowest BCUT2D eigenvalue weighted by Crippen LogP contribution is -2.63. The third kappa shape index (κ3) is 3.07. The Kier molecular flexibility index (Phi) is 4.05. The van der Waals surface area contributed by atoms with Gasteiger partial charge in [-0.1, -0.05) is 6.92 Å². The Hall–Kier alpha value is 0.1000. The van der Waals surface area contributed by atoms with Crippen molar-refractivity contribution in [3.8, 4) is 0 Å². The Labute approximate surface area is 128 Å². The summed E-state index contributed by atoms with van der Waals surface area (Å²) in [7, 11) is 0. The van der Waals surface area contributed by atoms with Crippen LogP contribution in [-0.2, 0) is 6.54 Å². The molecule has 0 radical (unpaired) electrons. The number of nitrogens with one attached hydrogen (secondary N) is 1. The van der Waals surface area contributed by atoms with E-state index in [1.165, 1.54) is 35.2 Å². The number of rotatable bonds is 4. The van der Waals surface area contributed by atoms with Crippen molar-refractivity contribution < 1.29 is 0 Å². The Morgan fingerprint density at radius 3 is 2.89 bits per heavy atom. The summed E-state index contributed by atoms with van der Waals surface area (Å²) in [6, 6.07) is 2.96. The average Bonchev–Trinajstić information content (AvgIpc) is 3.16. The van der Waals surface area contributed by atoms with Crippen LogP contribution in [0.1, 0.15) is 38.0 Å². The third-order valence-corrected chi connectivity index (χ3v) is 6.40. The molecule has 2 fully saturated rings. The average molecular weight is 343 g/mol. The summed E-state index contributed by atoms with van der Waals surface area (Å²) in [5, 5.41) is 6.02. The van der Waals surface area contributed by atoms with Gasteiger partial charge >= 0.3 is 0 Å². The molecule has 2 nitrogen and oxygen atoms in total. The molecule has 1 aromatic heterocycles. The van der Waals surface area contributed by atoms with Gasteiger partial charge in [0.05, 0.1) is 0 Å². The van der Waals surface area contributed by atoms with Crippen LogP contribution in [0.5, 0.6) is 0 Å². The lowest BCUT2D eigenvalue weighted by molar-refractivity contribution is 0.0674. The topological polar surface area (TPSA) is 15.3 Å². The van der Waals surface area contributed by atoms with E-state index in [0.29, 0.717) is 11.6 Å². The molecule has 3 rings (SSSR count). The second-order valence-corrected chi connectivity index (χ2v) is 8.18. The minimum atomic E-state index is 0.347. The molecule has 1 aromatic rings. The van der Waals surface area contributed by atoms with Crippen LogP contribution in [0.25, 0.3) is 0 Å². The maximum absolute atomic E-state index is 3.83. The molecule has 1 saturated heterocycles. The SMILES string of the molecule is CCC1CNC(C)(C2CC2)CN1Cc1cc(Br)cs1. The number of hydrogen-bond acceptors (Lipinski definition) is 3. The monoisotopic (exact) mass is 342 g/mol. The Morgan fingerprint density at radius 1 is 1.53 bits per heavy atom. The standard InChI is InChI=1S/C15H23BrN2S/c1-3-13-7-17-15(2,11-4-5-11)10-18(13)8-14-6-12(16)9-19-14/h6,9,11,13,17H,3-5,7-8,10H2,1-2H3. The van der Waals surface area contributed by atoms with Crippen molar-refractivity contribution >= 4 is 27.3 Å². The van der Waals surface area contributed by atoms with Crippen molar-refractivity contribution in [2.75, 3.05) is 13.1 Å².